The van der Waals surface area contributed by atoms with Crippen LogP contribution in [0.2, 0.25) is 0 Å². The van der Waals surface area contributed by atoms with E-state index in [-0.39, 0.29) is 0 Å². The van der Waals surface area contributed by atoms with Gasteiger partial charge in [-0.3, -0.25) is 0 Å². The molecular weight excluding hydrogens is 264 g/mol. The second-order valence-electron chi connectivity index (χ2n) is 4.55. The lowest BCUT2D eigenvalue weighted by Gasteiger charge is -2.08. The third-order valence-electron chi connectivity index (χ3n) is 2.86. The van der Waals surface area contributed by atoms with Gasteiger partial charge in [-0.25, -0.2) is 0 Å². The third-order valence-corrected chi connectivity index (χ3v) is 2.86. The largest absolute Gasteiger partial charge is 0.478 e. The van der Waals surface area contributed by atoms with E-state index in [4.69, 9.17) is 14.7 Å². The predicted molar refractivity (Wildman–Crippen MR) is 80.0 cm³/mol. The van der Waals surface area contributed by atoms with E-state index in [2.05, 4.69) is 11.1 Å². The molecule has 1 aromatic carbocycles. The van der Waals surface area contributed by atoms with Crippen LogP contribution < -0.4 is 9.47 Å². The summed E-state index contributed by atoms with van der Waals surface area (Å²) in [5.74, 6) is 1.10. The Morgan fingerprint density at radius 3 is 2.43 bits per heavy atom. The molecular formula is C17H18N2O2. The number of unbranched alkanes of at least 4 members (excludes halogenated alkanes) is 2. The lowest BCUT2D eigenvalue weighted by molar-refractivity contribution is 0.269. The highest BCUT2D eigenvalue weighted by Crippen LogP contribution is 2.15. The highest BCUT2D eigenvalue weighted by molar-refractivity contribution is 5.21. The average molecular weight is 282 g/mol. The molecule has 0 spiro atoms. The number of pyridine rings is 1. The molecule has 0 unspecified atom stereocenters. The molecule has 108 valence electrons. The van der Waals surface area contributed by atoms with Crippen molar-refractivity contribution in [2.24, 2.45) is 0 Å². The van der Waals surface area contributed by atoms with Gasteiger partial charge in [-0.1, -0.05) is 36.4 Å². The van der Waals surface area contributed by atoms with Crippen molar-refractivity contribution in [1.29, 1.82) is 5.26 Å². The first kappa shape index (κ1) is 14.9. The molecule has 21 heavy (non-hydrogen) atoms. The minimum atomic E-state index is 0.486. The number of rotatable bonds is 8. The summed E-state index contributed by atoms with van der Waals surface area (Å²) in [4.78, 5) is 4.30. The van der Waals surface area contributed by atoms with Gasteiger partial charge in [-0.2, -0.15) is 10.2 Å². The van der Waals surface area contributed by atoms with E-state index < -0.39 is 0 Å². The number of nitrogens with zero attached hydrogens (tertiary/aromatic N) is 2. The average Bonchev–Trinajstić information content (AvgIpc) is 2.54. The van der Waals surface area contributed by atoms with Gasteiger partial charge >= 0.3 is 0 Å². The molecule has 0 aliphatic rings. The van der Waals surface area contributed by atoms with Gasteiger partial charge in [0, 0.05) is 18.6 Å². The molecule has 0 bridgehead atoms. The predicted octanol–water partition coefficient (Wildman–Crippen LogP) is 3.73. The Hall–Kier alpha value is -2.54. The second-order valence-corrected chi connectivity index (χ2v) is 4.55. The van der Waals surface area contributed by atoms with Gasteiger partial charge in [0.05, 0.1) is 12.7 Å². The first-order valence-electron chi connectivity index (χ1n) is 7.02. The SMILES string of the molecule is N#CCCCCOc1cccc(OCc2ccccc2)n1. The first-order valence-corrected chi connectivity index (χ1v) is 7.02. The van der Waals surface area contributed by atoms with Crippen LogP contribution in [0.15, 0.2) is 48.5 Å². The summed E-state index contributed by atoms with van der Waals surface area (Å²) in [7, 11) is 0. The number of hydrogen-bond acceptors (Lipinski definition) is 4. The Morgan fingerprint density at radius 2 is 1.67 bits per heavy atom. The molecule has 2 aromatic rings. The number of aromatic nitrogens is 1. The summed E-state index contributed by atoms with van der Waals surface area (Å²) < 4.78 is 11.2. The number of hydrogen-bond donors (Lipinski definition) is 0. The van der Waals surface area contributed by atoms with Gasteiger partial charge in [-0.05, 0) is 18.4 Å². The number of ether oxygens (including phenoxy) is 2. The van der Waals surface area contributed by atoms with Gasteiger partial charge < -0.3 is 9.47 Å². The van der Waals surface area contributed by atoms with E-state index in [1.807, 2.05) is 42.5 Å². The maximum absolute atomic E-state index is 8.45. The Kier molecular flexibility index (Phi) is 6.08. The van der Waals surface area contributed by atoms with Crippen LogP contribution in [-0.4, -0.2) is 11.6 Å². The summed E-state index contributed by atoms with van der Waals surface area (Å²) in [5.41, 5.74) is 1.10. The molecule has 0 saturated carbocycles. The van der Waals surface area contributed by atoms with E-state index >= 15 is 0 Å². The van der Waals surface area contributed by atoms with Crippen LogP contribution in [-0.2, 0) is 6.61 Å². The van der Waals surface area contributed by atoms with Crippen LogP contribution in [0.3, 0.4) is 0 Å². The summed E-state index contributed by atoms with van der Waals surface area (Å²) in [6, 6.07) is 17.5. The van der Waals surface area contributed by atoms with E-state index in [1.165, 1.54) is 0 Å². The molecule has 4 heteroatoms. The van der Waals surface area contributed by atoms with Crippen LogP contribution in [0.1, 0.15) is 24.8 Å². The monoisotopic (exact) mass is 282 g/mol. The van der Waals surface area contributed by atoms with Crippen molar-refractivity contribution in [3.05, 3.63) is 54.1 Å². The van der Waals surface area contributed by atoms with Crippen LogP contribution in [0.25, 0.3) is 0 Å². The molecule has 1 aromatic heterocycles. The quantitative estimate of drug-likeness (QED) is 0.692. The Morgan fingerprint density at radius 1 is 0.905 bits per heavy atom. The highest BCUT2D eigenvalue weighted by atomic mass is 16.5. The summed E-state index contributed by atoms with van der Waals surface area (Å²) in [6.45, 7) is 1.05. The highest BCUT2D eigenvalue weighted by Gasteiger charge is 2.00. The molecule has 4 nitrogen and oxygen atoms in total. The summed E-state index contributed by atoms with van der Waals surface area (Å²) in [6.07, 6.45) is 2.27. The Labute approximate surface area is 125 Å². The third kappa shape index (κ3) is 5.53. The van der Waals surface area contributed by atoms with E-state index in [1.54, 1.807) is 6.07 Å². The van der Waals surface area contributed by atoms with Crippen molar-refractivity contribution in [2.45, 2.75) is 25.9 Å². The lowest BCUT2D eigenvalue weighted by atomic mass is 10.2. The fourth-order valence-electron chi connectivity index (χ4n) is 1.77. The van der Waals surface area contributed by atoms with E-state index in [0.29, 0.717) is 31.4 Å². The second kappa shape index (κ2) is 8.60. The molecule has 0 aliphatic heterocycles. The minimum absolute atomic E-state index is 0.486. The maximum atomic E-state index is 8.45. The summed E-state index contributed by atoms with van der Waals surface area (Å²) >= 11 is 0. The van der Waals surface area contributed by atoms with Crippen molar-refractivity contribution in [2.75, 3.05) is 6.61 Å². The van der Waals surface area contributed by atoms with Crippen LogP contribution in [0.4, 0.5) is 0 Å². The van der Waals surface area contributed by atoms with Gasteiger partial charge in [0.25, 0.3) is 0 Å². The molecule has 0 N–H and O–H groups in total. The van der Waals surface area contributed by atoms with Gasteiger partial charge in [-0.15, -0.1) is 0 Å². The zero-order chi connectivity index (χ0) is 14.8. The molecule has 0 atom stereocenters. The smallest absolute Gasteiger partial charge is 0.216 e. The van der Waals surface area contributed by atoms with Gasteiger partial charge in [0.2, 0.25) is 11.8 Å². The number of nitriles is 1. The van der Waals surface area contributed by atoms with Gasteiger partial charge in [0.15, 0.2) is 0 Å². The summed E-state index contributed by atoms with van der Waals surface area (Å²) in [5, 5.41) is 8.45. The minimum Gasteiger partial charge on any atom is -0.478 e. The van der Waals surface area contributed by atoms with Crippen molar-refractivity contribution in [3.8, 4) is 17.8 Å². The van der Waals surface area contributed by atoms with Crippen molar-refractivity contribution in [3.63, 3.8) is 0 Å². The van der Waals surface area contributed by atoms with Crippen LogP contribution in [0, 0.1) is 11.3 Å². The van der Waals surface area contributed by atoms with Crippen molar-refractivity contribution < 1.29 is 9.47 Å². The molecule has 0 fully saturated rings. The molecule has 0 saturated heterocycles. The van der Waals surface area contributed by atoms with Crippen molar-refractivity contribution >= 4 is 0 Å². The van der Waals surface area contributed by atoms with E-state index in [9.17, 15) is 0 Å². The molecule has 0 aliphatic carbocycles. The zero-order valence-corrected chi connectivity index (χ0v) is 11.9. The zero-order valence-electron chi connectivity index (χ0n) is 11.9. The molecule has 2 rings (SSSR count). The van der Waals surface area contributed by atoms with Crippen LogP contribution >= 0.6 is 0 Å². The normalized spacial score (nSPS) is 9.86. The lowest BCUT2D eigenvalue weighted by Crippen LogP contribution is -2.01. The van der Waals surface area contributed by atoms with Gasteiger partial charge in [0.1, 0.15) is 6.61 Å². The first-order chi connectivity index (χ1) is 10.4. The standard InChI is InChI=1S/C17H18N2O2/c18-12-5-2-6-13-20-16-10-7-11-17(19-16)21-14-15-8-3-1-4-9-15/h1,3-4,7-11H,2,5-6,13-14H2. The van der Waals surface area contributed by atoms with E-state index in [0.717, 1.165) is 18.4 Å². The topological polar surface area (TPSA) is 55.1 Å². The molecule has 0 amide bonds. The fraction of sp³-hybridized carbons (Fsp3) is 0.294. The Balaban J connectivity index is 1.79. The maximum Gasteiger partial charge on any atom is 0.216 e. The number of benzene rings is 1. The molecule has 0 radical (unpaired) electrons. The molecule has 1 heterocycles. The Bertz CT molecular complexity index is 579. The van der Waals surface area contributed by atoms with Crippen molar-refractivity contribution in [1.82, 2.24) is 4.98 Å². The van der Waals surface area contributed by atoms with Crippen LogP contribution in [0.5, 0.6) is 11.8 Å². The fourth-order valence-corrected chi connectivity index (χ4v) is 1.77.